The first-order valence-corrected chi connectivity index (χ1v) is 6.85. The van der Waals surface area contributed by atoms with E-state index in [1.54, 1.807) is 36.5 Å². The molecule has 0 aliphatic rings. The third-order valence-corrected chi connectivity index (χ3v) is 3.05. The van der Waals surface area contributed by atoms with Crippen LogP contribution in [0.3, 0.4) is 0 Å². The van der Waals surface area contributed by atoms with Crippen molar-refractivity contribution in [3.63, 3.8) is 0 Å². The highest BCUT2D eigenvalue weighted by Gasteiger charge is 2.13. The first-order chi connectivity index (χ1) is 9.61. The van der Waals surface area contributed by atoms with E-state index < -0.39 is 0 Å². The lowest BCUT2D eigenvalue weighted by Crippen LogP contribution is -2.15. The number of ether oxygens (including phenoxy) is 1. The van der Waals surface area contributed by atoms with Gasteiger partial charge < -0.3 is 15.8 Å². The third kappa shape index (κ3) is 3.27. The van der Waals surface area contributed by atoms with Crippen molar-refractivity contribution < 1.29 is 9.53 Å². The molecule has 0 radical (unpaired) electrons. The van der Waals surface area contributed by atoms with Gasteiger partial charge in [0.05, 0.1) is 12.2 Å². The molecule has 0 spiro atoms. The molecule has 0 aliphatic heterocycles. The fourth-order valence-corrected chi connectivity index (χ4v) is 2.05. The quantitative estimate of drug-likeness (QED) is 0.841. The van der Waals surface area contributed by atoms with E-state index in [2.05, 4.69) is 26.2 Å². The number of hydrogen-bond donors (Lipinski definition) is 2. The number of rotatable bonds is 4. The summed E-state index contributed by atoms with van der Waals surface area (Å²) in [6.07, 6.45) is 1.61. The summed E-state index contributed by atoms with van der Waals surface area (Å²) in [6.45, 7) is 2.33. The minimum atomic E-state index is -0.302. The zero-order chi connectivity index (χ0) is 14.5. The Labute approximate surface area is 125 Å². The summed E-state index contributed by atoms with van der Waals surface area (Å²) in [7, 11) is 0. The van der Waals surface area contributed by atoms with Crippen LogP contribution in [-0.4, -0.2) is 17.5 Å². The van der Waals surface area contributed by atoms with E-state index >= 15 is 0 Å². The first-order valence-electron chi connectivity index (χ1n) is 6.06. The van der Waals surface area contributed by atoms with Crippen LogP contribution in [0.5, 0.6) is 5.88 Å². The first kappa shape index (κ1) is 14.3. The van der Waals surface area contributed by atoms with Crippen LogP contribution in [0, 0.1) is 0 Å². The Morgan fingerprint density at radius 3 is 2.95 bits per heavy atom. The average Bonchev–Trinajstić information content (AvgIpc) is 2.41. The monoisotopic (exact) mass is 335 g/mol. The summed E-state index contributed by atoms with van der Waals surface area (Å²) in [4.78, 5) is 16.3. The van der Waals surface area contributed by atoms with E-state index in [0.29, 0.717) is 29.4 Å². The smallest absolute Gasteiger partial charge is 0.257 e. The van der Waals surface area contributed by atoms with Crippen molar-refractivity contribution >= 4 is 33.2 Å². The molecule has 6 heteroatoms. The Morgan fingerprint density at radius 2 is 2.25 bits per heavy atom. The number of nitrogens with zero attached hydrogens (tertiary/aromatic N) is 1. The molecule has 2 aromatic rings. The Balaban J connectivity index is 2.23. The average molecular weight is 336 g/mol. The SMILES string of the molecule is CCOc1ncccc1NC(=O)c1ccc(Br)cc1N. The molecule has 0 saturated carbocycles. The van der Waals surface area contributed by atoms with Gasteiger partial charge in [-0.3, -0.25) is 4.79 Å². The van der Waals surface area contributed by atoms with Gasteiger partial charge in [-0.1, -0.05) is 15.9 Å². The zero-order valence-electron chi connectivity index (χ0n) is 10.9. The van der Waals surface area contributed by atoms with Crippen molar-refractivity contribution in [1.82, 2.24) is 4.98 Å². The van der Waals surface area contributed by atoms with Gasteiger partial charge in [0.15, 0.2) is 0 Å². The summed E-state index contributed by atoms with van der Waals surface area (Å²) in [5, 5.41) is 2.75. The fraction of sp³-hybridized carbons (Fsp3) is 0.143. The molecule has 3 N–H and O–H groups in total. The molecule has 0 aliphatic carbocycles. The second-order valence-corrected chi connectivity index (χ2v) is 4.89. The topological polar surface area (TPSA) is 77.2 Å². The van der Waals surface area contributed by atoms with Crippen LogP contribution in [0.2, 0.25) is 0 Å². The third-order valence-electron chi connectivity index (χ3n) is 2.56. The van der Waals surface area contributed by atoms with Gasteiger partial charge in [0.1, 0.15) is 5.69 Å². The van der Waals surface area contributed by atoms with Crippen molar-refractivity contribution in [2.45, 2.75) is 6.92 Å². The lowest BCUT2D eigenvalue weighted by molar-refractivity contribution is 0.102. The van der Waals surface area contributed by atoms with Gasteiger partial charge in [-0.2, -0.15) is 0 Å². The van der Waals surface area contributed by atoms with E-state index in [9.17, 15) is 4.79 Å². The molecule has 0 atom stereocenters. The van der Waals surface area contributed by atoms with Gasteiger partial charge in [0, 0.05) is 16.4 Å². The molecule has 0 bridgehead atoms. The summed E-state index contributed by atoms with van der Waals surface area (Å²) in [5.41, 5.74) is 7.15. The zero-order valence-corrected chi connectivity index (χ0v) is 12.5. The van der Waals surface area contributed by atoms with Crippen LogP contribution in [0.25, 0.3) is 0 Å². The molecule has 5 nitrogen and oxygen atoms in total. The van der Waals surface area contributed by atoms with Crippen LogP contribution < -0.4 is 15.8 Å². The van der Waals surface area contributed by atoms with Crippen molar-refractivity contribution in [3.8, 4) is 5.88 Å². The fourth-order valence-electron chi connectivity index (χ4n) is 1.67. The predicted octanol–water partition coefficient (Wildman–Crippen LogP) is 3.08. The Morgan fingerprint density at radius 1 is 1.45 bits per heavy atom. The van der Waals surface area contributed by atoms with Crippen molar-refractivity contribution in [1.29, 1.82) is 0 Å². The van der Waals surface area contributed by atoms with Crippen LogP contribution in [0.1, 0.15) is 17.3 Å². The number of anilines is 2. The number of amides is 1. The summed E-state index contributed by atoms with van der Waals surface area (Å²) >= 11 is 3.30. The van der Waals surface area contributed by atoms with Crippen molar-refractivity contribution in [2.24, 2.45) is 0 Å². The number of carbonyl (C=O) groups is 1. The van der Waals surface area contributed by atoms with Crippen molar-refractivity contribution in [2.75, 3.05) is 17.7 Å². The van der Waals surface area contributed by atoms with Gasteiger partial charge in [-0.15, -0.1) is 0 Å². The molecular formula is C14H14BrN3O2. The van der Waals surface area contributed by atoms with E-state index in [0.717, 1.165) is 4.47 Å². The summed E-state index contributed by atoms with van der Waals surface area (Å²) < 4.78 is 6.18. The largest absolute Gasteiger partial charge is 0.476 e. The molecule has 0 saturated heterocycles. The summed E-state index contributed by atoms with van der Waals surface area (Å²) in [6, 6.07) is 8.55. The van der Waals surface area contributed by atoms with Gasteiger partial charge in [0.2, 0.25) is 5.88 Å². The van der Waals surface area contributed by atoms with Gasteiger partial charge >= 0.3 is 0 Å². The Kier molecular flexibility index (Phi) is 4.57. The number of carbonyl (C=O) groups excluding carboxylic acids is 1. The highest BCUT2D eigenvalue weighted by Crippen LogP contribution is 2.23. The van der Waals surface area contributed by atoms with E-state index in [1.165, 1.54) is 0 Å². The summed E-state index contributed by atoms with van der Waals surface area (Å²) in [5.74, 6) is 0.0861. The Hall–Kier alpha value is -2.08. The lowest BCUT2D eigenvalue weighted by atomic mass is 10.1. The van der Waals surface area contributed by atoms with Gasteiger partial charge in [-0.05, 0) is 37.3 Å². The molecule has 20 heavy (non-hydrogen) atoms. The number of nitrogens with two attached hydrogens (primary N) is 1. The highest BCUT2D eigenvalue weighted by atomic mass is 79.9. The molecule has 1 heterocycles. The number of hydrogen-bond acceptors (Lipinski definition) is 4. The number of pyridine rings is 1. The van der Waals surface area contributed by atoms with Gasteiger partial charge in [-0.25, -0.2) is 4.98 Å². The molecule has 1 aromatic heterocycles. The van der Waals surface area contributed by atoms with E-state index in [-0.39, 0.29) is 5.91 Å². The normalized spacial score (nSPS) is 10.1. The number of aromatic nitrogens is 1. The lowest BCUT2D eigenvalue weighted by Gasteiger charge is -2.11. The number of nitrogens with one attached hydrogen (secondary N) is 1. The number of halogens is 1. The molecule has 0 unspecified atom stereocenters. The minimum absolute atomic E-state index is 0.302. The van der Waals surface area contributed by atoms with Crippen molar-refractivity contribution in [3.05, 3.63) is 46.6 Å². The second kappa shape index (κ2) is 6.38. The maximum absolute atomic E-state index is 12.2. The standard InChI is InChI=1S/C14H14BrN3O2/c1-2-20-14-12(4-3-7-17-14)18-13(19)10-6-5-9(15)8-11(10)16/h3-8H,2,16H2,1H3,(H,18,19). The Bertz CT molecular complexity index is 632. The second-order valence-electron chi connectivity index (χ2n) is 3.97. The number of nitrogen functional groups attached to an aromatic ring is 1. The van der Waals surface area contributed by atoms with E-state index in [1.807, 2.05) is 6.92 Å². The molecule has 1 aromatic carbocycles. The molecular weight excluding hydrogens is 322 g/mol. The van der Waals surface area contributed by atoms with E-state index in [4.69, 9.17) is 10.5 Å². The van der Waals surface area contributed by atoms with Crippen LogP contribution >= 0.6 is 15.9 Å². The van der Waals surface area contributed by atoms with Crippen LogP contribution in [0.4, 0.5) is 11.4 Å². The highest BCUT2D eigenvalue weighted by molar-refractivity contribution is 9.10. The maximum atomic E-state index is 12.2. The van der Waals surface area contributed by atoms with Crippen LogP contribution in [0.15, 0.2) is 41.0 Å². The minimum Gasteiger partial charge on any atom is -0.476 e. The maximum Gasteiger partial charge on any atom is 0.257 e. The predicted molar refractivity (Wildman–Crippen MR) is 81.9 cm³/mol. The molecule has 104 valence electrons. The number of benzene rings is 1. The molecule has 1 amide bonds. The molecule has 2 rings (SSSR count). The van der Waals surface area contributed by atoms with Crippen LogP contribution in [-0.2, 0) is 0 Å². The van der Waals surface area contributed by atoms with Gasteiger partial charge in [0.25, 0.3) is 5.91 Å². The molecule has 0 fully saturated rings.